The fourth-order valence-corrected chi connectivity index (χ4v) is 6.23. The molecule has 1 spiro atoms. The molecule has 178 valence electrons. The van der Waals surface area contributed by atoms with Gasteiger partial charge in [-0.15, -0.1) is 0 Å². The predicted octanol–water partition coefficient (Wildman–Crippen LogP) is 3.99. The van der Waals surface area contributed by atoms with Gasteiger partial charge in [-0.3, -0.25) is 9.69 Å². The molecule has 0 N–H and O–H groups in total. The van der Waals surface area contributed by atoms with E-state index in [2.05, 4.69) is 27.1 Å². The summed E-state index contributed by atoms with van der Waals surface area (Å²) in [5.74, 6) is 1.52. The van der Waals surface area contributed by atoms with Crippen molar-refractivity contribution in [1.29, 1.82) is 0 Å². The zero-order valence-electron chi connectivity index (χ0n) is 19.5. The van der Waals surface area contributed by atoms with E-state index in [9.17, 15) is 4.79 Å². The van der Waals surface area contributed by atoms with Crippen LogP contribution in [0.15, 0.2) is 10.6 Å². The maximum absolute atomic E-state index is 12.9. The molecule has 1 saturated carbocycles. The van der Waals surface area contributed by atoms with Crippen LogP contribution < -0.4 is 4.74 Å². The Labute approximate surface area is 199 Å². The number of likely N-dealkylation sites (tertiary alicyclic amines) is 1. The maximum atomic E-state index is 12.9. The van der Waals surface area contributed by atoms with Crippen LogP contribution in [-0.2, 0) is 21.4 Å². The van der Waals surface area contributed by atoms with E-state index in [0.29, 0.717) is 23.9 Å². The number of rotatable bonds is 5. The third-order valence-electron chi connectivity index (χ3n) is 7.68. The lowest BCUT2D eigenvalue weighted by atomic mass is 9.64. The molecule has 2 aromatic rings. The summed E-state index contributed by atoms with van der Waals surface area (Å²) in [5, 5.41) is 4.66. The summed E-state index contributed by atoms with van der Waals surface area (Å²) in [6.45, 7) is 2.97. The van der Waals surface area contributed by atoms with E-state index in [4.69, 9.17) is 25.6 Å². The Morgan fingerprint density at radius 3 is 2.85 bits per heavy atom. The van der Waals surface area contributed by atoms with Gasteiger partial charge < -0.3 is 14.0 Å². The summed E-state index contributed by atoms with van der Waals surface area (Å²) in [6, 6.07) is 1.73. The van der Waals surface area contributed by atoms with Gasteiger partial charge in [-0.1, -0.05) is 23.2 Å². The van der Waals surface area contributed by atoms with E-state index in [-0.39, 0.29) is 29.2 Å². The Bertz CT molecular complexity index is 1040. The van der Waals surface area contributed by atoms with Crippen molar-refractivity contribution in [2.75, 3.05) is 20.7 Å². The van der Waals surface area contributed by atoms with Crippen LogP contribution in [0.5, 0.6) is 5.88 Å². The molecule has 2 aromatic heterocycles. The van der Waals surface area contributed by atoms with Gasteiger partial charge in [-0.2, -0.15) is 4.98 Å². The topological polar surface area (TPSA) is 90.6 Å². The summed E-state index contributed by atoms with van der Waals surface area (Å²) >= 11 is 6.36. The molecule has 8 nitrogen and oxygen atoms in total. The zero-order valence-corrected chi connectivity index (χ0v) is 20.2. The molecule has 9 heteroatoms. The Hall–Kier alpha value is -2.03. The van der Waals surface area contributed by atoms with Crippen molar-refractivity contribution in [3.05, 3.63) is 22.5 Å². The lowest BCUT2D eigenvalue weighted by Crippen LogP contribution is -2.44. The quantitative estimate of drug-likeness (QED) is 0.601. The first-order valence-electron chi connectivity index (χ1n) is 11.9. The number of hydrogen-bond acceptors (Lipinski definition) is 8. The SMILES string of the molecule is CO[C@H]1CCN(C)[C@@H]1[C@H](C)Oc1cc(Cl)nc(-c2onc3c2CCC[C@@]32CCCCC2=O)n1. The number of nitrogens with zero attached hydrogens (tertiary/aromatic N) is 4. The molecule has 0 aromatic carbocycles. The van der Waals surface area contributed by atoms with Crippen molar-refractivity contribution in [2.45, 2.75) is 82.0 Å². The van der Waals surface area contributed by atoms with Gasteiger partial charge in [0.2, 0.25) is 17.5 Å². The number of carbonyl (C=O) groups is 1. The standard InChI is InChI=1S/C24H31ClN4O4/c1-14(20-16(31-3)9-12-29(20)2)32-19-13-18(25)26-23(27-19)21-15-7-6-11-24(22(15)28-33-21)10-5-4-8-17(24)30/h13-14,16,20H,4-12H2,1-3H3/t14-,16-,20+,24+/m0/s1. The molecule has 4 atom stereocenters. The van der Waals surface area contributed by atoms with Gasteiger partial charge >= 0.3 is 0 Å². The highest BCUT2D eigenvalue weighted by Gasteiger charge is 2.48. The summed E-state index contributed by atoms with van der Waals surface area (Å²) in [7, 11) is 3.81. The van der Waals surface area contributed by atoms with Crippen molar-refractivity contribution in [1.82, 2.24) is 20.0 Å². The van der Waals surface area contributed by atoms with Crippen molar-refractivity contribution < 1.29 is 18.8 Å². The summed E-state index contributed by atoms with van der Waals surface area (Å²) < 4.78 is 17.6. The fraction of sp³-hybridized carbons (Fsp3) is 0.667. The van der Waals surface area contributed by atoms with Gasteiger partial charge in [0.15, 0.2) is 0 Å². The number of likely N-dealkylation sites (N-methyl/N-ethyl adjacent to an activating group) is 1. The van der Waals surface area contributed by atoms with Gasteiger partial charge in [0.05, 0.1) is 17.6 Å². The van der Waals surface area contributed by atoms with Gasteiger partial charge in [-0.25, -0.2) is 4.98 Å². The van der Waals surface area contributed by atoms with Gasteiger partial charge in [0.1, 0.15) is 22.7 Å². The van der Waals surface area contributed by atoms with Gasteiger partial charge in [0.25, 0.3) is 0 Å². The molecule has 0 unspecified atom stereocenters. The molecular formula is C24H31ClN4O4. The largest absolute Gasteiger partial charge is 0.473 e. The van der Waals surface area contributed by atoms with E-state index < -0.39 is 5.41 Å². The molecule has 2 aliphatic carbocycles. The highest BCUT2D eigenvalue weighted by Crippen LogP contribution is 2.47. The van der Waals surface area contributed by atoms with Crippen molar-refractivity contribution in [2.24, 2.45) is 0 Å². The van der Waals surface area contributed by atoms with Crippen molar-refractivity contribution >= 4 is 17.4 Å². The van der Waals surface area contributed by atoms with Crippen LogP contribution in [-0.4, -0.2) is 64.8 Å². The number of ether oxygens (including phenoxy) is 2. The van der Waals surface area contributed by atoms with E-state index in [1.165, 1.54) is 0 Å². The molecule has 3 aliphatic rings. The molecule has 5 rings (SSSR count). The minimum absolute atomic E-state index is 0.104. The van der Waals surface area contributed by atoms with E-state index in [0.717, 1.165) is 62.7 Å². The van der Waals surface area contributed by atoms with Crippen LogP contribution in [0.25, 0.3) is 11.6 Å². The predicted molar refractivity (Wildman–Crippen MR) is 123 cm³/mol. The molecule has 3 heterocycles. The second-order valence-corrected chi connectivity index (χ2v) is 10.0. The molecular weight excluding hydrogens is 444 g/mol. The van der Waals surface area contributed by atoms with E-state index in [1.807, 2.05) is 6.92 Å². The number of methoxy groups -OCH3 is 1. The van der Waals surface area contributed by atoms with Gasteiger partial charge in [0, 0.05) is 31.7 Å². The Morgan fingerprint density at radius 1 is 1.24 bits per heavy atom. The molecule has 1 saturated heterocycles. The Balaban J connectivity index is 1.45. The normalized spacial score (nSPS) is 28.8. The highest BCUT2D eigenvalue weighted by atomic mass is 35.5. The lowest BCUT2D eigenvalue weighted by Gasteiger charge is -2.37. The first-order valence-corrected chi connectivity index (χ1v) is 12.3. The van der Waals surface area contributed by atoms with Crippen molar-refractivity contribution in [3.8, 4) is 17.5 Å². The van der Waals surface area contributed by atoms with Crippen molar-refractivity contribution in [3.63, 3.8) is 0 Å². The van der Waals surface area contributed by atoms with Gasteiger partial charge in [-0.05, 0) is 52.5 Å². The van der Waals surface area contributed by atoms with Crippen LogP contribution in [0.2, 0.25) is 5.15 Å². The number of aromatic nitrogens is 3. The number of hydrogen-bond donors (Lipinski definition) is 0. The average Bonchev–Trinajstić information content (AvgIpc) is 3.39. The number of fused-ring (bicyclic) bond motifs is 2. The fourth-order valence-electron chi connectivity index (χ4n) is 6.06. The summed E-state index contributed by atoms with van der Waals surface area (Å²) in [5.41, 5.74) is 1.21. The second kappa shape index (κ2) is 8.96. The average molecular weight is 475 g/mol. The lowest BCUT2D eigenvalue weighted by molar-refractivity contribution is -0.127. The molecule has 0 bridgehead atoms. The summed E-state index contributed by atoms with van der Waals surface area (Å²) in [4.78, 5) is 24.2. The van der Waals surface area contributed by atoms with Crippen LogP contribution >= 0.6 is 11.6 Å². The minimum atomic E-state index is -0.512. The van der Waals surface area contributed by atoms with Crippen LogP contribution in [0, 0.1) is 0 Å². The Kier molecular flexibility index (Phi) is 6.18. The molecule has 0 radical (unpaired) electrons. The third kappa shape index (κ3) is 3.96. The zero-order chi connectivity index (χ0) is 23.2. The first kappa shape index (κ1) is 22.7. The number of ketones is 1. The monoisotopic (exact) mass is 474 g/mol. The maximum Gasteiger partial charge on any atom is 0.218 e. The smallest absolute Gasteiger partial charge is 0.218 e. The summed E-state index contributed by atoms with van der Waals surface area (Å²) in [6.07, 6.45) is 6.89. The third-order valence-corrected chi connectivity index (χ3v) is 7.88. The number of Topliss-reactive ketones (excluding diaryl/α,β-unsaturated/α-hetero) is 1. The van der Waals surface area contributed by atoms with E-state index >= 15 is 0 Å². The Morgan fingerprint density at radius 2 is 2.06 bits per heavy atom. The molecule has 1 aliphatic heterocycles. The van der Waals surface area contributed by atoms with Crippen LogP contribution in [0.4, 0.5) is 0 Å². The van der Waals surface area contributed by atoms with E-state index in [1.54, 1.807) is 13.2 Å². The molecule has 0 amide bonds. The molecule has 2 fully saturated rings. The minimum Gasteiger partial charge on any atom is -0.473 e. The highest BCUT2D eigenvalue weighted by molar-refractivity contribution is 6.29. The first-order chi connectivity index (χ1) is 15.9. The van der Waals surface area contributed by atoms with Crippen LogP contribution in [0.1, 0.15) is 63.1 Å². The second-order valence-electron chi connectivity index (χ2n) is 9.61. The number of carbonyl (C=O) groups excluding carboxylic acids is 1. The molecule has 33 heavy (non-hydrogen) atoms. The number of halogens is 1. The van der Waals surface area contributed by atoms with Crippen LogP contribution in [0.3, 0.4) is 0 Å².